The molecule has 1 atom stereocenters. The molecule has 0 aliphatic rings. The maximum atomic E-state index is 10.2. The molecule has 0 saturated heterocycles. The van der Waals surface area contributed by atoms with E-state index in [9.17, 15) is 5.11 Å². The molecule has 0 aromatic carbocycles. The number of aryl methyl sites for hydroxylation is 3. The molecule has 0 spiro atoms. The smallest absolute Gasteiger partial charge is 0.100 e. The van der Waals surface area contributed by atoms with Crippen LogP contribution in [0.2, 0.25) is 0 Å². The molecule has 0 aliphatic heterocycles. The van der Waals surface area contributed by atoms with Gasteiger partial charge in [0.25, 0.3) is 0 Å². The number of pyridine rings is 1. The second-order valence-corrected chi connectivity index (χ2v) is 4.64. The molecule has 4 heteroatoms. The highest BCUT2D eigenvalue weighted by Gasteiger charge is 2.13. The minimum atomic E-state index is -0.569. The highest BCUT2D eigenvalue weighted by Crippen LogP contribution is 2.20. The number of hydrogen-bond donors (Lipinski definition) is 1. The van der Waals surface area contributed by atoms with Gasteiger partial charge in [0, 0.05) is 25.4 Å². The molecular weight excluding hydrogens is 226 g/mol. The molecule has 0 fully saturated rings. The Morgan fingerprint density at radius 3 is 2.72 bits per heavy atom. The molecule has 0 bridgehead atoms. The van der Waals surface area contributed by atoms with Crippen molar-refractivity contribution in [1.82, 2.24) is 14.8 Å². The number of aliphatic hydroxyl groups excluding tert-OH is 1. The Balaban J connectivity index is 2.13. The molecule has 2 rings (SSSR count). The van der Waals surface area contributed by atoms with Gasteiger partial charge in [-0.3, -0.25) is 9.67 Å². The Bertz CT molecular complexity index is 534. The minimum Gasteiger partial charge on any atom is -0.386 e. The van der Waals surface area contributed by atoms with Crippen molar-refractivity contribution in [3.8, 4) is 0 Å². The molecule has 1 N–H and O–H groups in total. The Hall–Kier alpha value is -1.68. The first-order valence-electron chi connectivity index (χ1n) is 6.22. The van der Waals surface area contributed by atoms with E-state index in [1.165, 1.54) is 0 Å². The normalized spacial score (nSPS) is 12.7. The fourth-order valence-electron chi connectivity index (χ4n) is 2.08. The summed E-state index contributed by atoms with van der Waals surface area (Å²) in [6.45, 7) is 6.87. The standard InChI is InChI=1S/C14H19N3O/c1-4-17-9-12(8-16-17)6-13(18)14-11(3)5-10(2)7-15-14/h5,7-9,13,18H,4,6H2,1-3H3. The molecule has 0 saturated carbocycles. The summed E-state index contributed by atoms with van der Waals surface area (Å²) in [6.07, 6.45) is 5.54. The van der Waals surface area contributed by atoms with Crippen molar-refractivity contribution < 1.29 is 5.11 Å². The second-order valence-electron chi connectivity index (χ2n) is 4.64. The van der Waals surface area contributed by atoms with E-state index >= 15 is 0 Å². The summed E-state index contributed by atoms with van der Waals surface area (Å²) in [5.74, 6) is 0. The van der Waals surface area contributed by atoms with Crippen molar-refractivity contribution in [3.05, 3.63) is 47.0 Å². The van der Waals surface area contributed by atoms with Crippen LogP contribution < -0.4 is 0 Å². The van der Waals surface area contributed by atoms with E-state index in [1.54, 1.807) is 12.4 Å². The Morgan fingerprint density at radius 1 is 1.33 bits per heavy atom. The van der Waals surface area contributed by atoms with Crippen molar-refractivity contribution in [2.24, 2.45) is 0 Å². The maximum absolute atomic E-state index is 10.2. The van der Waals surface area contributed by atoms with Crippen LogP contribution in [0.15, 0.2) is 24.7 Å². The summed E-state index contributed by atoms with van der Waals surface area (Å²) in [7, 11) is 0. The highest BCUT2D eigenvalue weighted by atomic mass is 16.3. The third-order valence-corrected chi connectivity index (χ3v) is 3.01. The van der Waals surface area contributed by atoms with Crippen LogP contribution >= 0.6 is 0 Å². The Kier molecular flexibility index (Phi) is 3.77. The van der Waals surface area contributed by atoms with Crippen LogP contribution in [-0.4, -0.2) is 19.9 Å². The number of nitrogens with zero attached hydrogens (tertiary/aromatic N) is 3. The number of aromatic nitrogens is 3. The minimum absolute atomic E-state index is 0.552. The van der Waals surface area contributed by atoms with Gasteiger partial charge in [0.2, 0.25) is 0 Å². The first-order valence-corrected chi connectivity index (χ1v) is 6.22. The third kappa shape index (κ3) is 2.76. The molecule has 2 aromatic rings. The SMILES string of the molecule is CCn1cc(CC(O)c2ncc(C)cc2C)cn1. The predicted molar refractivity (Wildman–Crippen MR) is 70.3 cm³/mol. The van der Waals surface area contributed by atoms with Gasteiger partial charge >= 0.3 is 0 Å². The molecule has 96 valence electrons. The lowest BCUT2D eigenvalue weighted by Crippen LogP contribution is -2.06. The quantitative estimate of drug-likeness (QED) is 0.898. The fourth-order valence-corrected chi connectivity index (χ4v) is 2.08. The van der Waals surface area contributed by atoms with Crippen molar-refractivity contribution in [2.75, 3.05) is 0 Å². The van der Waals surface area contributed by atoms with Crippen LogP contribution in [0.25, 0.3) is 0 Å². The summed E-state index contributed by atoms with van der Waals surface area (Å²) in [5.41, 5.74) is 3.93. The second kappa shape index (κ2) is 5.31. The average molecular weight is 245 g/mol. The van der Waals surface area contributed by atoms with Crippen molar-refractivity contribution >= 4 is 0 Å². The van der Waals surface area contributed by atoms with Gasteiger partial charge in [-0.2, -0.15) is 5.10 Å². The summed E-state index contributed by atoms with van der Waals surface area (Å²) in [4.78, 5) is 4.32. The van der Waals surface area contributed by atoms with E-state index in [2.05, 4.69) is 10.1 Å². The lowest BCUT2D eigenvalue weighted by atomic mass is 10.0. The molecule has 0 radical (unpaired) electrons. The zero-order chi connectivity index (χ0) is 13.1. The lowest BCUT2D eigenvalue weighted by molar-refractivity contribution is 0.173. The van der Waals surface area contributed by atoms with Gasteiger partial charge in [-0.25, -0.2) is 0 Å². The monoisotopic (exact) mass is 245 g/mol. The third-order valence-electron chi connectivity index (χ3n) is 3.01. The van der Waals surface area contributed by atoms with E-state index in [4.69, 9.17) is 0 Å². The van der Waals surface area contributed by atoms with E-state index in [-0.39, 0.29) is 0 Å². The Morgan fingerprint density at radius 2 is 2.11 bits per heavy atom. The van der Waals surface area contributed by atoms with Crippen LogP contribution in [-0.2, 0) is 13.0 Å². The topological polar surface area (TPSA) is 50.9 Å². The number of hydrogen-bond acceptors (Lipinski definition) is 3. The highest BCUT2D eigenvalue weighted by molar-refractivity contribution is 5.25. The summed E-state index contributed by atoms with van der Waals surface area (Å²) in [5, 5.41) is 14.4. The molecule has 1 unspecified atom stereocenters. The molecule has 18 heavy (non-hydrogen) atoms. The molecule has 0 aliphatic carbocycles. The van der Waals surface area contributed by atoms with Gasteiger partial charge in [-0.1, -0.05) is 6.07 Å². The summed E-state index contributed by atoms with van der Waals surface area (Å²) >= 11 is 0. The van der Waals surface area contributed by atoms with Crippen molar-refractivity contribution in [1.29, 1.82) is 0 Å². The average Bonchev–Trinajstić information content (AvgIpc) is 2.76. The van der Waals surface area contributed by atoms with E-state index in [1.807, 2.05) is 37.7 Å². The van der Waals surface area contributed by atoms with Gasteiger partial charge in [0.15, 0.2) is 0 Å². The lowest BCUT2D eigenvalue weighted by Gasteiger charge is -2.12. The van der Waals surface area contributed by atoms with Gasteiger partial charge < -0.3 is 5.11 Å². The van der Waals surface area contributed by atoms with Gasteiger partial charge in [-0.15, -0.1) is 0 Å². The van der Waals surface area contributed by atoms with E-state index < -0.39 is 6.10 Å². The van der Waals surface area contributed by atoms with Crippen LogP contribution in [0.4, 0.5) is 0 Å². The Labute approximate surface area is 107 Å². The predicted octanol–water partition coefficient (Wildman–Crippen LogP) is 2.19. The maximum Gasteiger partial charge on any atom is 0.100 e. The fraction of sp³-hybridized carbons (Fsp3) is 0.429. The van der Waals surface area contributed by atoms with Gasteiger partial charge in [0.05, 0.1) is 11.9 Å². The molecule has 2 aromatic heterocycles. The van der Waals surface area contributed by atoms with Crippen LogP contribution in [0.5, 0.6) is 0 Å². The van der Waals surface area contributed by atoms with Crippen LogP contribution in [0.3, 0.4) is 0 Å². The van der Waals surface area contributed by atoms with Crippen LogP contribution in [0.1, 0.15) is 35.4 Å². The molecule has 2 heterocycles. The van der Waals surface area contributed by atoms with Crippen molar-refractivity contribution in [3.63, 3.8) is 0 Å². The first kappa shape index (κ1) is 12.8. The number of rotatable bonds is 4. The van der Waals surface area contributed by atoms with E-state index in [0.29, 0.717) is 6.42 Å². The number of aliphatic hydroxyl groups is 1. The largest absolute Gasteiger partial charge is 0.386 e. The molecule has 4 nitrogen and oxygen atoms in total. The zero-order valence-corrected chi connectivity index (χ0v) is 11.1. The zero-order valence-electron chi connectivity index (χ0n) is 11.1. The van der Waals surface area contributed by atoms with Gasteiger partial charge in [-0.05, 0) is 37.5 Å². The van der Waals surface area contributed by atoms with Crippen molar-refractivity contribution in [2.45, 2.75) is 39.8 Å². The van der Waals surface area contributed by atoms with E-state index in [0.717, 1.165) is 28.9 Å². The van der Waals surface area contributed by atoms with Gasteiger partial charge in [0.1, 0.15) is 6.10 Å². The summed E-state index contributed by atoms with van der Waals surface area (Å²) in [6, 6.07) is 2.04. The molecule has 0 amide bonds. The molecular formula is C14H19N3O. The summed E-state index contributed by atoms with van der Waals surface area (Å²) < 4.78 is 1.86. The first-order chi connectivity index (χ1) is 8.60. The van der Waals surface area contributed by atoms with Crippen LogP contribution in [0, 0.1) is 13.8 Å².